The van der Waals surface area contributed by atoms with Gasteiger partial charge in [0.25, 0.3) is 0 Å². The molecule has 0 saturated heterocycles. The van der Waals surface area contributed by atoms with Gasteiger partial charge in [-0.25, -0.2) is 0 Å². The van der Waals surface area contributed by atoms with Crippen molar-refractivity contribution in [3.63, 3.8) is 0 Å². The van der Waals surface area contributed by atoms with E-state index in [2.05, 4.69) is 53.7 Å². The van der Waals surface area contributed by atoms with Gasteiger partial charge in [-0.05, 0) is 47.5 Å². The average molecular weight is 502 g/mol. The molecule has 2 atom stereocenters. The van der Waals surface area contributed by atoms with Gasteiger partial charge in [-0.2, -0.15) is 0 Å². The summed E-state index contributed by atoms with van der Waals surface area (Å²) in [6, 6.07) is 8.21. The quantitative estimate of drug-likeness (QED) is 0.142. The third-order valence-electron chi connectivity index (χ3n) is 7.36. The van der Waals surface area contributed by atoms with E-state index in [-0.39, 0.29) is 18.1 Å². The maximum Gasteiger partial charge on any atom is 0.203 e. The van der Waals surface area contributed by atoms with Crippen molar-refractivity contribution in [1.82, 2.24) is 9.80 Å². The summed E-state index contributed by atoms with van der Waals surface area (Å²) >= 11 is 0. The van der Waals surface area contributed by atoms with Crippen LogP contribution in [0.3, 0.4) is 0 Å². The van der Waals surface area contributed by atoms with E-state index in [9.17, 15) is 0 Å². The van der Waals surface area contributed by atoms with Crippen molar-refractivity contribution in [2.75, 3.05) is 20.2 Å². The molecule has 1 aliphatic carbocycles. The molecule has 0 fully saturated rings. The van der Waals surface area contributed by atoms with Gasteiger partial charge >= 0.3 is 0 Å². The van der Waals surface area contributed by atoms with Crippen LogP contribution in [0.1, 0.15) is 84.6 Å². The van der Waals surface area contributed by atoms with Gasteiger partial charge in [0.15, 0.2) is 8.32 Å². The van der Waals surface area contributed by atoms with Crippen molar-refractivity contribution < 1.29 is 9.16 Å². The number of allylic oxidation sites excluding steroid dienone is 1. The summed E-state index contributed by atoms with van der Waals surface area (Å²) in [5.41, 5.74) is 10.1. The Balaban J connectivity index is 2.02. The summed E-state index contributed by atoms with van der Waals surface area (Å²) < 4.78 is 12.9. The Morgan fingerprint density at radius 2 is 1.66 bits per heavy atom. The number of fused-ring (bicyclic) bond motifs is 1. The number of nitrogens with two attached hydrogens (primary N) is 1. The van der Waals surface area contributed by atoms with E-state index in [1.54, 1.807) is 6.20 Å². The minimum atomic E-state index is -1.95. The van der Waals surface area contributed by atoms with E-state index in [1.165, 1.54) is 4.90 Å². The predicted octanol–water partition coefficient (Wildman–Crippen LogP) is 6.37. The van der Waals surface area contributed by atoms with E-state index < -0.39 is 8.32 Å². The van der Waals surface area contributed by atoms with Gasteiger partial charge in [0, 0.05) is 19.6 Å². The Bertz CT molecular complexity index is 864. The van der Waals surface area contributed by atoms with Crippen molar-refractivity contribution in [2.45, 2.75) is 90.1 Å². The molecule has 0 spiro atoms. The molecule has 4 N–H and O–H groups in total. The smallest absolute Gasteiger partial charge is 0.203 e. The molecule has 0 saturated carbocycles. The van der Waals surface area contributed by atoms with E-state index in [4.69, 9.17) is 25.7 Å². The zero-order valence-corrected chi connectivity index (χ0v) is 24.0. The molecule has 1 aliphatic rings. The minimum absolute atomic E-state index is 0.0429. The first kappa shape index (κ1) is 29.1. The average Bonchev–Trinajstić information content (AvgIpc) is 2.81. The summed E-state index contributed by atoms with van der Waals surface area (Å²) in [6.07, 6.45) is 4.49. The summed E-state index contributed by atoms with van der Waals surface area (Å²) in [6.45, 7) is 16.7. The molecule has 196 valence electrons. The van der Waals surface area contributed by atoms with Crippen molar-refractivity contribution >= 4 is 20.6 Å². The fraction of sp³-hybridized carbons (Fsp3) is 0.630. The van der Waals surface area contributed by atoms with Crippen LogP contribution in [0.25, 0.3) is 0 Å². The predicted molar refractivity (Wildman–Crippen MR) is 148 cm³/mol. The topological polar surface area (TPSA) is 98.7 Å². The van der Waals surface area contributed by atoms with Crippen LogP contribution in [0.2, 0.25) is 16.6 Å². The van der Waals surface area contributed by atoms with Crippen molar-refractivity contribution in [1.29, 1.82) is 10.8 Å². The lowest BCUT2D eigenvalue weighted by Gasteiger charge is -2.42. The lowest BCUT2D eigenvalue weighted by atomic mass is 9.86. The molecule has 2 unspecified atom stereocenters. The Labute approximate surface area is 213 Å². The van der Waals surface area contributed by atoms with Crippen LogP contribution in [0.5, 0.6) is 0 Å². The third kappa shape index (κ3) is 6.74. The molecule has 8 heteroatoms. The normalized spacial score (nSPS) is 18.6. The molecule has 0 bridgehead atoms. The first-order valence-corrected chi connectivity index (χ1v) is 15.0. The second-order valence-corrected chi connectivity index (χ2v) is 16.1. The van der Waals surface area contributed by atoms with Crippen LogP contribution < -0.4 is 5.73 Å². The van der Waals surface area contributed by atoms with E-state index in [0.29, 0.717) is 35.5 Å². The largest absolute Gasteiger partial charge is 0.489 e. The van der Waals surface area contributed by atoms with Crippen LogP contribution in [0, 0.1) is 10.8 Å². The van der Waals surface area contributed by atoms with Crippen LogP contribution in [-0.4, -0.2) is 50.6 Å². The highest BCUT2D eigenvalue weighted by Gasteiger charge is 2.44. The molecule has 0 aromatic heterocycles. The molecule has 7 nitrogen and oxygen atoms in total. The summed E-state index contributed by atoms with van der Waals surface area (Å²) in [5, 5.41) is 16.5. The maximum absolute atomic E-state index is 8.64. The summed E-state index contributed by atoms with van der Waals surface area (Å²) in [5.74, 6) is 0.868. The molecule has 1 aromatic rings. The molecular weight excluding hydrogens is 454 g/mol. The number of guanidine groups is 1. The molecule has 0 amide bonds. The Morgan fingerprint density at radius 1 is 1.09 bits per heavy atom. The highest BCUT2D eigenvalue weighted by atomic mass is 28.4. The monoisotopic (exact) mass is 501 g/mol. The van der Waals surface area contributed by atoms with Crippen LogP contribution in [0.15, 0.2) is 36.2 Å². The Hall–Kier alpha value is -2.16. The van der Waals surface area contributed by atoms with Gasteiger partial charge in [0.05, 0.1) is 19.1 Å². The molecule has 1 aromatic carbocycles. The number of likely N-dealkylation sites (N-methyl/N-ethyl adjacent to an activating group) is 1. The molecule has 0 heterocycles. The van der Waals surface area contributed by atoms with Gasteiger partial charge in [0.2, 0.25) is 5.96 Å². The molecular formula is C27H47N5O2Si. The van der Waals surface area contributed by atoms with Crippen LogP contribution in [-0.2, 0) is 9.16 Å². The molecule has 0 radical (unpaired) electrons. The van der Waals surface area contributed by atoms with Gasteiger partial charge in [-0.1, -0.05) is 65.8 Å². The number of ether oxygens (including phenoxy) is 1. The van der Waals surface area contributed by atoms with Crippen molar-refractivity contribution in [3.8, 4) is 0 Å². The summed E-state index contributed by atoms with van der Waals surface area (Å²) in [7, 11) is -0.0770. The molecule has 2 rings (SSSR count). The van der Waals surface area contributed by atoms with Gasteiger partial charge in [-0.15, -0.1) is 0 Å². The van der Waals surface area contributed by atoms with Gasteiger partial charge in [-0.3, -0.25) is 15.7 Å². The number of rotatable bonds is 11. The van der Waals surface area contributed by atoms with E-state index in [1.807, 2.05) is 31.0 Å². The zero-order chi connectivity index (χ0) is 26.3. The fourth-order valence-electron chi connectivity index (χ4n) is 5.68. The van der Waals surface area contributed by atoms with Gasteiger partial charge in [0.1, 0.15) is 11.9 Å². The summed E-state index contributed by atoms with van der Waals surface area (Å²) in [4.78, 5) is 3.30. The molecule has 35 heavy (non-hydrogen) atoms. The van der Waals surface area contributed by atoms with Crippen molar-refractivity contribution in [2.24, 2.45) is 5.73 Å². The first-order chi connectivity index (χ1) is 16.4. The van der Waals surface area contributed by atoms with Crippen LogP contribution in [0.4, 0.5) is 0 Å². The number of hydrogen-bond acceptors (Lipinski definition) is 5. The second-order valence-electron chi connectivity index (χ2n) is 10.6. The Morgan fingerprint density at radius 3 is 2.20 bits per heavy atom. The van der Waals surface area contributed by atoms with Crippen molar-refractivity contribution in [3.05, 3.63) is 47.4 Å². The lowest BCUT2D eigenvalue weighted by molar-refractivity contribution is 0.0960. The number of hydrogen-bond donors (Lipinski definition) is 3. The number of benzene rings is 1. The second kappa shape index (κ2) is 12.7. The third-order valence-corrected chi connectivity index (χ3v) is 13.5. The highest BCUT2D eigenvalue weighted by Crippen LogP contribution is 2.42. The van der Waals surface area contributed by atoms with Crippen LogP contribution >= 0.6 is 0 Å². The first-order valence-electron chi connectivity index (χ1n) is 12.9. The molecule has 0 aliphatic heterocycles. The SMILES string of the molecule is CC(=CN(C=N)C(=N)N(C)CCO[Si](C(C)C)(C(C)C)C(C)C)OC1CCC(N)c2ccccc21. The van der Waals surface area contributed by atoms with Gasteiger partial charge < -0.3 is 19.8 Å². The lowest BCUT2D eigenvalue weighted by Crippen LogP contribution is -2.49. The number of nitrogens with zero attached hydrogens (tertiary/aromatic N) is 2. The zero-order valence-electron chi connectivity index (χ0n) is 23.0. The minimum Gasteiger partial charge on any atom is -0.489 e. The highest BCUT2D eigenvalue weighted by molar-refractivity contribution is 6.77. The van der Waals surface area contributed by atoms with E-state index in [0.717, 1.165) is 30.3 Å². The number of nitrogens with one attached hydrogen (secondary N) is 2. The Kier molecular flexibility index (Phi) is 10.5. The standard InChI is InChI=1S/C27H47N5O2Si/c1-19(2)35(20(3)4,21(5)6)33-16-15-31(8)27(30)32(18-28)17-22(7)34-26-14-13-25(29)23-11-9-10-12-24(23)26/h9-12,17-21,25-26,28,30H,13-16,29H2,1-8H3. The van der Waals surface area contributed by atoms with E-state index >= 15 is 0 Å². The fourth-order valence-corrected chi connectivity index (χ4v) is 11.1. The maximum atomic E-state index is 8.64.